The molecule has 14 heavy (non-hydrogen) atoms. The van der Waals surface area contributed by atoms with Crippen LogP contribution in [-0.4, -0.2) is 12.6 Å². The van der Waals surface area contributed by atoms with Crippen molar-refractivity contribution in [1.82, 2.24) is 5.32 Å². The second-order valence-electron chi connectivity index (χ2n) is 3.63. The Kier molecular flexibility index (Phi) is 2.15. The minimum Gasteiger partial charge on any atom is -0.439 e. The van der Waals surface area contributed by atoms with Gasteiger partial charge in [0.25, 0.3) is 0 Å². The average molecular weight is 191 g/mol. The van der Waals surface area contributed by atoms with Crippen molar-refractivity contribution in [2.24, 2.45) is 0 Å². The molecule has 1 atom stereocenters. The fraction of sp³-hybridized carbons (Fsp3) is 0.364. The largest absolute Gasteiger partial charge is 0.439 e. The summed E-state index contributed by atoms with van der Waals surface area (Å²) >= 11 is 0. The second-order valence-corrected chi connectivity index (χ2v) is 3.63. The summed E-state index contributed by atoms with van der Waals surface area (Å²) in [7, 11) is 0. The van der Waals surface area contributed by atoms with Crippen LogP contribution >= 0.6 is 0 Å². The first-order valence-corrected chi connectivity index (χ1v) is 4.68. The Hall–Kier alpha value is -1.51. The Morgan fingerprint density at radius 2 is 2.21 bits per heavy atom. The number of amides is 1. The van der Waals surface area contributed by atoms with Crippen molar-refractivity contribution in [3.63, 3.8) is 0 Å². The van der Waals surface area contributed by atoms with Crippen LogP contribution in [0.5, 0.6) is 0 Å². The molecule has 2 rings (SSSR count). The maximum Gasteiger partial charge on any atom is 0.407 e. The summed E-state index contributed by atoms with van der Waals surface area (Å²) in [6.07, 6.45) is -0.446. The number of nitrogens with one attached hydrogen (secondary N) is 1. The molecule has 74 valence electrons. The van der Waals surface area contributed by atoms with Crippen molar-refractivity contribution in [3.05, 3.63) is 34.9 Å². The topological polar surface area (TPSA) is 38.3 Å². The molecule has 1 N–H and O–H groups in total. The van der Waals surface area contributed by atoms with Crippen LogP contribution in [0.1, 0.15) is 22.8 Å². The molecule has 1 heterocycles. The van der Waals surface area contributed by atoms with E-state index in [1.54, 1.807) is 0 Å². The summed E-state index contributed by atoms with van der Waals surface area (Å²) in [4.78, 5) is 10.9. The second kappa shape index (κ2) is 3.33. The van der Waals surface area contributed by atoms with Crippen LogP contribution in [0.3, 0.4) is 0 Å². The van der Waals surface area contributed by atoms with E-state index in [1.165, 1.54) is 11.1 Å². The summed E-state index contributed by atoms with van der Waals surface area (Å²) in [6.45, 7) is 4.66. The van der Waals surface area contributed by atoms with Crippen molar-refractivity contribution in [2.45, 2.75) is 20.0 Å². The molecule has 0 bridgehead atoms. The van der Waals surface area contributed by atoms with Crippen LogP contribution in [0, 0.1) is 13.8 Å². The first kappa shape index (κ1) is 9.06. The predicted octanol–water partition coefficient (Wildman–Crippen LogP) is 2.08. The standard InChI is InChI=1S/C11H13NO2/c1-7-3-4-9(8(2)5-7)10-6-12-11(13)14-10/h3-5,10H,6H2,1-2H3,(H,12,13). The Labute approximate surface area is 83.1 Å². The van der Waals surface area contributed by atoms with Crippen LogP contribution in [0.25, 0.3) is 0 Å². The molecule has 3 heteroatoms. The molecule has 1 aliphatic heterocycles. The molecule has 1 aliphatic rings. The average Bonchev–Trinajstić information content (AvgIpc) is 2.51. The summed E-state index contributed by atoms with van der Waals surface area (Å²) in [6, 6.07) is 6.16. The molecule has 1 aromatic rings. The SMILES string of the molecule is Cc1ccc(C2CNC(=O)O2)c(C)c1. The van der Waals surface area contributed by atoms with E-state index in [4.69, 9.17) is 4.74 Å². The minimum absolute atomic E-state index is 0.122. The number of alkyl carbamates (subject to hydrolysis) is 1. The van der Waals surface area contributed by atoms with Crippen molar-refractivity contribution in [3.8, 4) is 0 Å². The highest BCUT2D eigenvalue weighted by Gasteiger charge is 2.24. The molecule has 0 spiro atoms. The number of benzene rings is 1. The van der Waals surface area contributed by atoms with Crippen LogP contribution in [0.15, 0.2) is 18.2 Å². The Morgan fingerprint density at radius 1 is 1.43 bits per heavy atom. The predicted molar refractivity (Wildman–Crippen MR) is 53.1 cm³/mol. The molecular weight excluding hydrogens is 178 g/mol. The van der Waals surface area contributed by atoms with Crippen molar-refractivity contribution >= 4 is 6.09 Å². The molecule has 1 unspecified atom stereocenters. The molecule has 0 radical (unpaired) electrons. The number of ether oxygens (including phenoxy) is 1. The first-order valence-electron chi connectivity index (χ1n) is 4.68. The van der Waals surface area contributed by atoms with E-state index in [-0.39, 0.29) is 12.2 Å². The van der Waals surface area contributed by atoms with E-state index in [9.17, 15) is 4.79 Å². The van der Waals surface area contributed by atoms with Gasteiger partial charge in [-0.05, 0) is 25.0 Å². The monoisotopic (exact) mass is 191 g/mol. The highest BCUT2D eigenvalue weighted by atomic mass is 16.6. The van der Waals surface area contributed by atoms with Gasteiger partial charge < -0.3 is 10.1 Å². The van der Waals surface area contributed by atoms with Gasteiger partial charge in [0.05, 0.1) is 6.54 Å². The van der Waals surface area contributed by atoms with Gasteiger partial charge in [-0.15, -0.1) is 0 Å². The van der Waals surface area contributed by atoms with Gasteiger partial charge in [-0.1, -0.05) is 23.8 Å². The van der Waals surface area contributed by atoms with E-state index in [2.05, 4.69) is 18.3 Å². The Balaban J connectivity index is 2.28. The van der Waals surface area contributed by atoms with Gasteiger partial charge >= 0.3 is 6.09 Å². The molecule has 0 aromatic heterocycles. The molecule has 1 amide bonds. The molecular formula is C11H13NO2. The molecule has 0 aliphatic carbocycles. The van der Waals surface area contributed by atoms with Gasteiger partial charge in [0.1, 0.15) is 6.10 Å². The zero-order chi connectivity index (χ0) is 10.1. The summed E-state index contributed by atoms with van der Waals surface area (Å²) in [5, 5.41) is 2.65. The van der Waals surface area contributed by atoms with E-state index in [0.29, 0.717) is 6.54 Å². The Morgan fingerprint density at radius 3 is 2.79 bits per heavy atom. The number of carbonyl (C=O) groups is 1. The number of aryl methyl sites for hydroxylation is 2. The quantitative estimate of drug-likeness (QED) is 0.738. The van der Waals surface area contributed by atoms with E-state index in [1.807, 2.05) is 19.1 Å². The molecule has 1 saturated heterocycles. The highest BCUT2D eigenvalue weighted by Crippen LogP contribution is 2.24. The number of carbonyl (C=O) groups excluding carboxylic acids is 1. The maximum absolute atomic E-state index is 10.9. The zero-order valence-electron chi connectivity index (χ0n) is 8.33. The third-order valence-electron chi connectivity index (χ3n) is 2.45. The van der Waals surface area contributed by atoms with Crippen molar-refractivity contribution in [1.29, 1.82) is 0 Å². The molecule has 3 nitrogen and oxygen atoms in total. The molecule has 0 saturated carbocycles. The lowest BCUT2D eigenvalue weighted by Crippen LogP contribution is -2.12. The van der Waals surface area contributed by atoms with Crippen LogP contribution < -0.4 is 5.32 Å². The zero-order valence-corrected chi connectivity index (χ0v) is 8.33. The van der Waals surface area contributed by atoms with Crippen LogP contribution in [0.4, 0.5) is 4.79 Å². The first-order chi connectivity index (χ1) is 6.66. The highest BCUT2D eigenvalue weighted by molar-refractivity contribution is 5.69. The fourth-order valence-corrected chi connectivity index (χ4v) is 1.75. The molecule has 1 fully saturated rings. The number of rotatable bonds is 1. The lowest BCUT2D eigenvalue weighted by molar-refractivity contribution is 0.141. The van der Waals surface area contributed by atoms with Gasteiger partial charge in [-0.3, -0.25) is 0 Å². The fourth-order valence-electron chi connectivity index (χ4n) is 1.75. The Bertz CT molecular complexity index is 374. The third-order valence-corrected chi connectivity index (χ3v) is 2.45. The van der Waals surface area contributed by atoms with Crippen LogP contribution in [0.2, 0.25) is 0 Å². The van der Waals surface area contributed by atoms with Gasteiger partial charge in [-0.2, -0.15) is 0 Å². The van der Waals surface area contributed by atoms with Gasteiger partial charge in [0, 0.05) is 0 Å². The molecule has 1 aromatic carbocycles. The van der Waals surface area contributed by atoms with E-state index in [0.717, 1.165) is 5.56 Å². The lowest BCUT2D eigenvalue weighted by atomic mass is 10.0. The van der Waals surface area contributed by atoms with Crippen LogP contribution in [-0.2, 0) is 4.74 Å². The van der Waals surface area contributed by atoms with Gasteiger partial charge in [-0.25, -0.2) is 4.79 Å². The summed E-state index contributed by atoms with van der Waals surface area (Å²) in [5.41, 5.74) is 3.49. The number of hydrogen-bond acceptors (Lipinski definition) is 2. The van der Waals surface area contributed by atoms with Gasteiger partial charge in [0.2, 0.25) is 0 Å². The van der Waals surface area contributed by atoms with Gasteiger partial charge in [0.15, 0.2) is 0 Å². The maximum atomic E-state index is 10.9. The third kappa shape index (κ3) is 1.58. The lowest BCUT2D eigenvalue weighted by Gasteiger charge is -2.11. The van der Waals surface area contributed by atoms with Crippen molar-refractivity contribution in [2.75, 3.05) is 6.54 Å². The summed E-state index contributed by atoms with van der Waals surface area (Å²) in [5.74, 6) is 0. The summed E-state index contributed by atoms with van der Waals surface area (Å²) < 4.78 is 5.12. The van der Waals surface area contributed by atoms with Crippen molar-refractivity contribution < 1.29 is 9.53 Å². The van der Waals surface area contributed by atoms with E-state index >= 15 is 0 Å². The minimum atomic E-state index is -0.324. The number of cyclic esters (lactones) is 1. The smallest absolute Gasteiger partial charge is 0.407 e. The van der Waals surface area contributed by atoms with E-state index < -0.39 is 0 Å². The normalized spacial score (nSPS) is 20.4. The number of hydrogen-bond donors (Lipinski definition) is 1.